The molecule has 4 nitrogen and oxygen atoms in total. The highest BCUT2D eigenvalue weighted by atomic mass is 32.2. The van der Waals surface area contributed by atoms with Gasteiger partial charge in [-0.1, -0.05) is 29.3 Å². The van der Waals surface area contributed by atoms with E-state index in [9.17, 15) is 8.42 Å². The maximum atomic E-state index is 12.6. The lowest BCUT2D eigenvalue weighted by Crippen LogP contribution is -2.07. The molecule has 2 aromatic rings. The SMILES string of the molecule is COc1cc(N)ccc1S(=O)(=O)Cc1cc(C)cc(C)c1. The van der Waals surface area contributed by atoms with Crippen LogP contribution in [0.25, 0.3) is 0 Å². The van der Waals surface area contributed by atoms with Crippen molar-refractivity contribution in [2.75, 3.05) is 12.8 Å². The van der Waals surface area contributed by atoms with Crippen molar-refractivity contribution in [2.24, 2.45) is 0 Å². The first-order chi connectivity index (χ1) is 9.81. The fourth-order valence-electron chi connectivity index (χ4n) is 2.39. The summed E-state index contributed by atoms with van der Waals surface area (Å²) in [6.07, 6.45) is 0. The summed E-state index contributed by atoms with van der Waals surface area (Å²) in [5.41, 5.74) is 8.99. The summed E-state index contributed by atoms with van der Waals surface area (Å²) in [5.74, 6) is 0.217. The summed E-state index contributed by atoms with van der Waals surface area (Å²) in [4.78, 5) is 0.165. The zero-order chi connectivity index (χ0) is 15.6. The second-order valence-corrected chi connectivity index (χ2v) is 7.12. The number of methoxy groups -OCH3 is 1. The lowest BCUT2D eigenvalue weighted by Gasteiger charge is -2.11. The van der Waals surface area contributed by atoms with Crippen LogP contribution >= 0.6 is 0 Å². The highest BCUT2D eigenvalue weighted by Gasteiger charge is 2.20. The van der Waals surface area contributed by atoms with Crippen LogP contribution in [0.1, 0.15) is 16.7 Å². The molecule has 0 atom stereocenters. The van der Waals surface area contributed by atoms with Crippen LogP contribution in [0.3, 0.4) is 0 Å². The fourth-order valence-corrected chi connectivity index (χ4v) is 3.88. The Bertz CT molecular complexity index is 747. The van der Waals surface area contributed by atoms with Crippen molar-refractivity contribution < 1.29 is 13.2 Å². The van der Waals surface area contributed by atoms with Crippen LogP contribution < -0.4 is 10.5 Å². The van der Waals surface area contributed by atoms with Gasteiger partial charge in [0.25, 0.3) is 0 Å². The third-order valence-corrected chi connectivity index (χ3v) is 4.88. The zero-order valence-electron chi connectivity index (χ0n) is 12.4. The molecule has 0 saturated heterocycles. The first-order valence-electron chi connectivity index (χ1n) is 6.55. The number of anilines is 1. The molecule has 0 aliphatic rings. The molecule has 0 aliphatic heterocycles. The topological polar surface area (TPSA) is 69.4 Å². The van der Waals surface area contributed by atoms with E-state index in [1.54, 1.807) is 6.07 Å². The van der Waals surface area contributed by atoms with Crippen molar-refractivity contribution in [3.8, 4) is 5.75 Å². The standard InChI is InChI=1S/C16H19NO3S/c1-11-6-12(2)8-13(7-11)10-21(18,19)16-5-4-14(17)9-15(16)20-3/h4-9H,10,17H2,1-3H3. The molecule has 0 aliphatic carbocycles. The molecule has 0 saturated carbocycles. The number of nitrogens with two attached hydrogens (primary N) is 1. The van der Waals surface area contributed by atoms with Gasteiger partial charge in [0, 0.05) is 11.8 Å². The Morgan fingerprint density at radius 3 is 2.24 bits per heavy atom. The minimum atomic E-state index is -3.49. The summed E-state index contributed by atoms with van der Waals surface area (Å²) in [6.45, 7) is 3.90. The van der Waals surface area contributed by atoms with Crippen LogP contribution in [-0.4, -0.2) is 15.5 Å². The van der Waals surface area contributed by atoms with Crippen molar-refractivity contribution in [1.29, 1.82) is 0 Å². The molecule has 0 amide bonds. The third-order valence-electron chi connectivity index (χ3n) is 3.16. The molecular formula is C16H19NO3S. The first kappa shape index (κ1) is 15.4. The Hall–Kier alpha value is -2.01. The average Bonchev–Trinajstić information content (AvgIpc) is 2.36. The predicted octanol–water partition coefficient (Wildman–Crippen LogP) is 2.87. The van der Waals surface area contributed by atoms with Gasteiger partial charge in [0.1, 0.15) is 10.6 Å². The molecule has 5 heteroatoms. The summed E-state index contributed by atoms with van der Waals surface area (Å²) < 4.78 is 30.3. The highest BCUT2D eigenvalue weighted by Crippen LogP contribution is 2.29. The van der Waals surface area contributed by atoms with Crippen LogP contribution in [0.4, 0.5) is 5.69 Å². The van der Waals surface area contributed by atoms with Crippen molar-refractivity contribution >= 4 is 15.5 Å². The monoisotopic (exact) mass is 305 g/mol. The summed E-state index contributed by atoms with van der Waals surface area (Å²) in [5, 5.41) is 0. The molecular weight excluding hydrogens is 286 g/mol. The quantitative estimate of drug-likeness (QED) is 0.882. The summed E-state index contributed by atoms with van der Waals surface area (Å²) >= 11 is 0. The summed E-state index contributed by atoms with van der Waals surface area (Å²) in [7, 11) is -2.05. The largest absolute Gasteiger partial charge is 0.495 e. The minimum Gasteiger partial charge on any atom is -0.495 e. The maximum absolute atomic E-state index is 12.6. The number of hydrogen-bond donors (Lipinski definition) is 1. The van der Waals surface area contributed by atoms with Gasteiger partial charge in [-0.25, -0.2) is 8.42 Å². The lowest BCUT2D eigenvalue weighted by atomic mass is 10.1. The molecule has 112 valence electrons. The van der Waals surface area contributed by atoms with Gasteiger partial charge in [0.15, 0.2) is 9.84 Å². The van der Waals surface area contributed by atoms with Crippen molar-refractivity contribution in [1.82, 2.24) is 0 Å². The number of sulfone groups is 1. The number of hydrogen-bond acceptors (Lipinski definition) is 4. The molecule has 2 rings (SSSR count). The van der Waals surface area contributed by atoms with Gasteiger partial charge >= 0.3 is 0 Å². The molecule has 0 radical (unpaired) electrons. The van der Waals surface area contributed by atoms with E-state index in [1.807, 2.05) is 32.0 Å². The summed E-state index contributed by atoms with van der Waals surface area (Å²) in [6, 6.07) is 10.4. The Balaban J connectivity index is 2.43. The fraction of sp³-hybridized carbons (Fsp3) is 0.250. The molecule has 0 aromatic heterocycles. The second kappa shape index (κ2) is 5.77. The van der Waals surface area contributed by atoms with Crippen LogP contribution in [0, 0.1) is 13.8 Å². The molecule has 0 bridgehead atoms. The third kappa shape index (κ3) is 3.55. The molecule has 0 unspecified atom stereocenters. The van der Waals surface area contributed by atoms with E-state index < -0.39 is 9.84 Å². The number of nitrogen functional groups attached to an aromatic ring is 1. The first-order valence-corrected chi connectivity index (χ1v) is 8.20. The van der Waals surface area contributed by atoms with Gasteiger partial charge in [-0.2, -0.15) is 0 Å². The second-order valence-electron chi connectivity index (χ2n) is 5.17. The van der Waals surface area contributed by atoms with Gasteiger partial charge in [-0.15, -0.1) is 0 Å². The van der Waals surface area contributed by atoms with E-state index in [1.165, 1.54) is 19.2 Å². The average molecular weight is 305 g/mol. The molecule has 21 heavy (non-hydrogen) atoms. The number of rotatable bonds is 4. The van der Waals surface area contributed by atoms with Gasteiger partial charge in [0.05, 0.1) is 12.9 Å². The Morgan fingerprint density at radius 1 is 1.05 bits per heavy atom. The van der Waals surface area contributed by atoms with Crippen LogP contribution in [-0.2, 0) is 15.6 Å². The molecule has 0 fully saturated rings. The molecule has 0 spiro atoms. The predicted molar refractivity (Wildman–Crippen MR) is 84.2 cm³/mol. The maximum Gasteiger partial charge on any atom is 0.186 e. The van der Waals surface area contributed by atoms with E-state index in [-0.39, 0.29) is 16.4 Å². The van der Waals surface area contributed by atoms with Gasteiger partial charge < -0.3 is 10.5 Å². The minimum absolute atomic E-state index is 0.0597. The van der Waals surface area contributed by atoms with E-state index in [0.29, 0.717) is 5.69 Å². The zero-order valence-corrected chi connectivity index (χ0v) is 13.2. The molecule has 2 N–H and O–H groups in total. The Morgan fingerprint density at radius 2 is 1.67 bits per heavy atom. The number of aryl methyl sites for hydroxylation is 2. The van der Waals surface area contributed by atoms with Crippen molar-refractivity contribution in [2.45, 2.75) is 24.5 Å². The lowest BCUT2D eigenvalue weighted by molar-refractivity contribution is 0.403. The molecule has 2 aromatic carbocycles. The Kier molecular flexibility index (Phi) is 4.23. The van der Waals surface area contributed by atoms with Crippen molar-refractivity contribution in [3.63, 3.8) is 0 Å². The van der Waals surface area contributed by atoms with Gasteiger partial charge in [-0.05, 0) is 31.5 Å². The smallest absolute Gasteiger partial charge is 0.186 e. The van der Waals surface area contributed by atoms with E-state index in [4.69, 9.17) is 10.5 Å². The normalized spacial score (nSPS) is 11.4. The van der Waals surface area contributed by atoms with Gasteiger partial charge in [-0.3, -0.25) is 0 Å². The van der Waals surface area contributed by atoms with Gasteiger partial charge in [0.2, 0.25) is 0 Å². The number of ether oxygens (including phenoxy) is 1. The Labute approximate surface area is 125 Å². The van der Waals surface area contributed by atoms with Crippen LogP contribution in [0.15, 0.2) is 41.3 Å². The van der Waals surface area contributed by atoms with Crippen LogP contribution in [0.5, 0.6) is 5.75 Å². The highest BCUT2D eigenvalue weighted by molar-refractivity contribution is 7.90. The molecule has 0 heterocycles. The van der Waals surface area contributed by atoms with Crippen molar-refractivity contribution in [3.05, 3.63) is 53.1 Å². The van der Waals surface area contributed by atoms with E-state index in [0.717, 1.165) is 16.7 Å². The number of benzene rings is 2. The van der Waals surface area contributed by atoms with Crippen LogP contribution in [0.2, 0.25) is 0 Å². The van der Waals surface area contributed by atoms with E-state index >= 15 is 0 Å². The van der Waals surface area contributed by atoms with E-state index in [2.05, 4.69) is 0 Å².